The molecule has 15 heteroatoms. The summed E-state index contributed by atoms with van der Waals surface area (Å²) in [5.41, 5.74) is 8.70. The van der Waals surface area contributed by atoms with Gasteiger partial charge in [-0.1, -0.05) is 72.8 Å². The smallest absolute Gasteiger partial charge is 0.387 e. The van der Waals surface area contributed by atoms with Gasteiger partial charge in [-0.15, -0.1) is 0 Å². The minimum Gasteiger partial charge on any atom is -0.507 e. The number of ether oxygens (including phenoxy) is 7. The molecule has 13 nitrogen and oxygen atoms in total. The normalized spacial score (nSPS) is 12.2. The Kier molecular flexibility index (Phi) is 18.7. The molecule has 1 aliphatic rings. The van der Waals surface area contributed by atoms with Gasteiger partial charge in [-0.05, 0) is 92.4 Å². The molecule has 1 heterocycles. The highest BCUT2D eigenvalue weighted by Gasteiger charge is 2.37. The quantitative estimate of drug-likeness (QED) is 0.0759. The Labute approximate surface area is 382 Å². The molecule has 1 atom stereocenters. The number of aldehydes is 1. The standard InChI is InChI=1S/C24H22BrNO5.C10H8O.C9H9BrO3.C5H7NO2/c1-4-30-24(27)20-19(14-11-17(25)22(29-3)18(12-14)28-2)16-10-9-13-7-5-6-8-15(13)21(16)31-23(20)26;11-10-7-3-5-8-4-1-2-6-9(8)10;1-12-8-4-6(5-11)3-7(10)9(8)13-2;1-3-8-5(7)4-6-2/h5-12,19H,4,26H2,1-3H3;1-7,11H;3-5H,1-2H3;3-4H2,1H3. The maximum atomic E-state index is 12.9. The molecule has 1 aliphatic heterocycles. The third kappa shape index (κ3) is 12.2. The predicted molar refractivity (Wildman–Crippen MR) is 248 cm³/mol. The number of hydrogen-bond donors (Lipinski definition) is 2. The summed E-state index contributed by atoms with van der Waals surface area (Å²) >= 11 is 6.82. The number of phenols is 1. The Morgan fingerprint density at radius 3 is 1.90 bits per heavy atom. The van der Waals surface area contributed by atoms with E-state index < -0.39 is 17.9 Å². The summed E-state index contributed by atoms with van der Waals surface area (Å²) in [5.74, 6) is 1.75. The lowest BCUT2D eigenvalue weighted by Gasteiger charge is -2.30. The highest BCUT2D eigenvalue weighted by Crippen LogP contribution is 2.48. The molecule has 63 heavy (non-hydrogen) atoms. The Hall–Kier alpha value is -6.76. The Morgan fingerprint density at radius 1 is 0.762 bits per heavy atom. The molecule has 6 aromatic rings. The fourth-order valence-corrected chi connectivity index (χ4v) is 7.67. The molecule has 0 aliphatic carbocycles. The van der Waals surface area contributed by atoms with Crippen LogP contribution in [0.2, 0.25) is 0 Å². The van der Waals surface area contributed by atoms with E-state index in [0.717, 1.165) is 39.0 Å². The van der Waals surface area contributed by atoms with Crippen molar-refractivity contribution in [2.75, 3.05) is 48.2 Å². The van der Waals surface area contributed by atoms with Gasteiger partial charge in [-0.2, -0.15) is 0 Å². The zero-order valence-electron chi connectivity index (χ0n) is 35.4. The van der Waals surface area contributed by atoms with Gasteiger partial charge in [0.1, 0.15) is 23.4 Å². The van der Waals surface area contributed by atoms with Crippen molar-refractivity contribution in [1.82, 2.24) is 0 Å². The van der Waals surface area contributed by atoms with Gasteiger partial charge in [0.05, 0.1) is 56.5 Å². The highest BCUT2D eigenvalue weighted by molar-refractivity contribution is 9.11. The van der Waals surface area contributed by atoms with E-state index in [0.29, 0.717) is 55.6 Å². The molecule has 0 spiro atoms. The average Bonchev–Trinajstić information content (AvgIpc) is 3.29. The Morgan fingerprint density at radius 2 is 1.33 bits per heavy atom. The van der Waals surface area contributed by atoms with Gasteiger partial charge in [-0.3, -0.25) is 4.79 Å². The van der Waals surface area contributed by atoms with Crippen LogP contribution in [-0.4, -0.2) is 71.5 Å². The van der Waals surface area contributed by atoms with Gasteiger partial charge in [0.25, 0.3) is 0 Å². The van der Waals surface area contributed by atoms with Gasteiger partial charge in [0, 0.05) is 21.9 Å². The van der Waals surface area contributed by atoms with E-state index in [9.17, 15) is 19.5 Å². The second-order valence-electron chi connectivity index (χ2n) is 13.0. The van der Waals surface area contributed by atoms with Crippen LogP contribution in [0.1, 0.15) is 41.3 Å². The molecule has 0 fully saturated rings. The predicted octanol–water partition coefficient (Wildman–Crippen LogP) is 10.2. The van der Waals surface area contributed by atoms with Crippen LogP contribution in [0.5, 0.6) is 34.5 Å². The van der Waals surface area contributed by atoms with Crippen molar-refractivity contribution in [2.24, 2.45) is 5.73 Å². The van der Waals surface area contributed by atoms with E-state index in [1.54, 1.807) is 53.4 Å². The van der Waals surface area contributed by atoms with Crippen molar-refractivity contribution < 1.29 is 52.6 Å². The second kappa shape index (κ2) is 24.0. The van der Waals surface area contributed by atoms with Crippen molar-refractivity contribution >= 4 is 71.6 Å². The first kappa shape index (κ1) is 48.9. The maximum absolute atomic E-state index is 12.9. The number of esters is 2. The number of carbonyl (C=O) groups excluding carboxylic acids is 3. The SMILES string of the molecule is CCOC(=O)C1=C(N)Oc2c(ccc3ccccc23)C1c1cc(Br)c(OC)c(OC)c1.COc1cc(C=O)cc(Br)c1OC.Oc1cccc2ccccc12.[C-]#[N+]CC(=O)OCC. The minimum atomic E-state index is -0.519. The fraction of sp³-hybridized carbons (Fsp3) is 0.208. The Bertz CT molecular complexity index is 2640. The van der Waals surface area contributed by atoms with Gasteiger partial charge in [0.15, 0.2) is 23.0 Å². The number of fused-ring (bicyclic) bond motifs is 4. The third-order valence-electron chi connectivity index (χ3n) is 9.14. The summed E-state index contributed by atoms with van der Waals surface area (Å²) in [5, 5.41) is 13.3. The molecule has 7 rings (SSSR count). The largest absolute Gasteiger partial charge is 0.507 e. The van der Waals surface area contributed by atoms with Crippen molar-refractivity contribution in [2.45, 2.75) is 19.8 Å². The summed E-state index contributed by atoms with van der Waals surface area (Å²) in [6.45, 7) is 10.1. The van der Waals surface area contributed by atoms with E-state index in [1.165, 1.54) is 7.11 Å². The van der Waals surface area contributed by atoms with Crippen LogP contribution in [0.3, 0.4) is 0 Å². The van der Waals surface area contributed by atoms with E-state index in [2.05, 4.69) is 41.4 Å². The van der Waals surface area contributed by atoms with Gasteiger partial charge in [0.2, 0.25) is 5.88 Å². The van der Waals surface area contributed by atoms with E-state index >= 15 is 0 Å². The molecule has 0 aromatic heterocycles. The topological polar surface area (TPSA) is 166 Å². The number of rotatable bonds is 10. The van der Waals surface area contributed by atoms with E-state index in [-0.39, 0.29) is 24.6 Å². The molecule has 0 radical (unpaired) electrons. The lowest BCUT2D eigenvalue weighted by molar-refractivity contribution is -0.141. The van der Waals surface area contributed by atoms with Gasteiger partial charge >= 0.3 is 18.5 Å². The number of nitrogens with two attached hydrogens (primary N) is 1. The fourth-order valence-electron chi connectivity index (χ4n) is 6.43. The van der Waals surface area contributed by atoms with Crippen LogP contribution in [0, 0.1) is 6.57 Å². The van der Waals surface area contributed by atoms with Crippen LogP contribution in [0.4, 0.5) is 0 Å². The number of nitrogens with zero attached hydrogens (tertiary/aromatic N) is 1. The zero-order valence-corrected chi connectivity index (χ0v) is 38.6. The number of aromatic hydroxyl groups is 1. The minimum absolute atomic E-state index is 0.0261. The average molecular weight is 987 g/mol. The number of halogens is 2. The van der Waals surface area contributed by atoms with Crippen molar-refractivity contribution in [3.05, 3.63) is 152 Å². The summed E-state index contributed by atoms with van der Waals surface area (Å²) < 4.78 is 38.2. The van der Waals surface area contributed by atoms with Crippen LogP contribution in [0.25, 0.3) is 26.4 Å². The van der Waals surface area contributed by atoms with E-state index in [1.807, 2.05) is 84.9 Å². The lowest BCUT2D eigenvalue weighted by Crippen LogP contribution is -2.27. The van der Waals surface area contributed by atoms with E-state index in [4.69, 9.17) is 40.7 Å². The molecule has 1 unspecified atom stereocenters. The molecule has 0 saturated heterocycles. The molecule has 328 valence electrons. The first-order valence-electron chi connectivity index (χ1n) is 19.2. The molecular formula is C48H46Br2N2O11. The molecule has 0 saturated carbocycles. The zero-order chi connectivity index (χ0) is 46.1. The first-order valence-corrected chi connectivity index (χ1v) is 20.8. The molecule has 3 N–H and O–H groups in total. The summed E-state index contributed by atoms with van der Waals surface area (Å²) in [4.78, 5) is 36.5. The van der Waals surface area contributed by atoms with Crippen LogP contribution < -0.4 is 29.4 Å². The van der Waals surface area contributed by atoms with Crippen molar-refractivity contribution in [3.8, 4) is 34.5 Å². The monoisotopic (exact) mass is 984 g/mol. The van der Waals surface area contributed by atoms with Crippen molar-refractivity contribution in [1.29, 1.82) is 0 Å². The molecular weight excluding hydrogens is 940 g/mol. The van der Waals surface area contributed by atoms with Crippen LogP contribution >= 0.6 is 31.9 Å². The summed E-state index contributed by atoms with van der Waals surface area (Å²) in [7, 11) is 6.21. The first-order chi connectivity index (χ1) is 30.4. The maximum Gasteiger partial charge on any atom is 0.387 e. The second-order valence-corrected chi connectivity index (χ2v) is 14.7. The third-order valence-corrected chi connectivity index (χ3v) is 10.3. The van der Waals surface area contributed by atoms with Gasteiger partial charge < -0.3 is 48.8 Å². The number of carbonyl (C=O) groups is 3. The van der Waals surface area contributed by atoms with Crippen LogP contribution in [0.15, 0.2) is 124 Å². The summed E-state index contributed by atoms with van der Waals surface area (Å²) in [6.07, 6.45) is 0.757. The number of methoxy groups -OCH3 is 4. The number of benzene rings is 6. The lowest BCUT2D eigenvalue weighted by atomic mass is 9.82. The highest BCUT2D eigenvalue weighted by atomic mass is 79.9. The molecule has 0 amide bonds. The summed E-state index contributed by atoms with van der Waals surface area (Å²) in [6, 6.07) is 32.2. The van der Waals surface area contributed by atoms with Crippen LogP contribution in [-0.2, 0) is 19.1 Å². The number of hydrogen-bond acceptors (Lipinski definition) is 12. The van der Waals surface area contributed by atoms with Crippen molar-refractivity contribution in [3.63, 3.8) is 0 Å². The number of phenolic OH excluding ortho intramolecular Hbond substituents is 1. The molecule has 6 aromatic carbocycles. The Balaban J connectivity index is 0.000000222. The molecule has 0 bridgehead atoms. The van der Waals surface area contributed by atoms with Gasteiger partial charge in [-0.25, -0.2) is 16.2 Å².